The highest BCUT2D eigenvalue weighted by Crippen LogP contribution is 2.31. The van der Waals surface area contributed by atoms with Crippen LogP contribution in [-0.2, 0) is 19.6 Å². The number of nitrogens with one attached hydrogen (secondary N) is 1. The van der Waals surface area contributed by atoms with Crippen molar-refractivity contribution in [1.29, 1.82) is 0 Å². The zero-order valence-corrected chi connectivity index (χ0v) is 21.8. The van der Waals surface area contributed by atoms with E-state index in [2.05, 4.69) is 10.2 Å². The molecular formula is C25H41N3O5S. The molecule has 0 aromatic heterocycles. The lowest BCUT2D eigenvalue weighted by Gasteiger charge is -2.35. The summed E-state index contributed by atoms with van der Waals surface area (Å²) >= 11 is 0. The first-order valence-corrected chi connectivity index (χ1v) is 14.0. The molecular weight excluding hydrogens is 454 g/mol. The third kappa shape index (κ3) is 7.16. The van der Waals surface area contributed by atoms with Crippen LogP contribution in [0, 0.1) is 13.8 Å². The number of benzene rings is 1. The van der Waals surface area contributed by atoms with Gasteiger partial charge in [-0.3, -0.25) is 4.79 Å². The molecule has 1 unspecified atom stereocenters. The summed E-state index contributed by atoms with van der Waals surface area (Å²) in [4.78, 5) is 15.0. The molecule has 2 aliphatic heterocycles. The lowest BCUT2D eigenvalue weighted by molar-refractivity contribution is -0.126. The largest absolute Gasteiger partial charge is 0.497 e. The molecule has 0 bridgehead atoms. The van der Waals surface area contributed by atoms with Gasteiger partial charge in [0.15, 0.2) is 0 Å². The minimum atomic E-state index is -3.68. The molecule has 1 atom stereocenters. The molecule has 1 aromatic rings. The van der Waals surface area contributed by atoms with E-state index in [-0.39, 0.29) is 25.2 Å². The van der Waals surface area contributed by atoms with E-state index in [1.807, 2.05) is 0 Å². The highest BCUT2D eigenvalue weighted by atomic mass is 32.2. The van der Waals surface area contributed by atoms with Crippen molar-refractivity contribution in [2.45, 2.75) is 69.7 Å². The van der Waals surface area contributed by atoms with Crippen molar-refractivity contribution >= 4 is 15.9 Å². The standard InChI is InChI=1S/C25H41N3O5S/c1-20-16-23(32-3)17-21(2)25(20)34(30,31)28-15-8-5-10-22(28)18-33-19-24(29)26-11-9-14-27-12-6-4-7-13-27/h16-17,22H,4-15,18-19H2,1-3H3,(H,26,29). The lowest BCUT2D eigenvalue weighted by atomic mass is 10.1. The number of rotatable bonds is 11. The van der Waals surface area contributed by atoms with Crippen molar-refractivity contribution in [3.63, 3.8) is 0 Å². The second-order valence-corrected chi connectivity index (χ2v) is 11.3. The van der Waals surface area contributed by atoms with Crippen LogP contribution < -0.4 is 10.1 Å². The highest BCUT2D eigenvalue weighted by molar-refractivity contribution is 7.89. The van der Waals surface area contributed by atoms with Crippen molar-refractivity contribution in [2.24, 2.45) is 0 Å². The Morgan fingerprint density at radius 2 is 1.74 bits per heavy atom. The van der Waals surface area contributed by atoms with Crippen molar-refractivity contribution in [1.82, 2.24) is 14.5 Å². The van der Waals surface area contributed by atoms with E-state index >= 15 is 0 Å². The predicted octanol–water partition coefficient (Wildman–Crippen LogP) is 2.86. The van der Waals surface area contributed by atoms with Gasteiger partial charge in [0.2, 0.25) is 15.9 Å². The Labute approximate surface area is 205 Å². The first kappa shape index (κ1) is 26.9. The second kappa shape index (κ2) is 12.9. The van der Waals surface area contributed by atoms with E-state index in [0.717, 1.165) is 45.3 Å². The maximum absolute atomic E-state index is 13.6. The number of methoxy groups -OCH3 is 1. The van der Waals surface area contributed by atoms with Gasteiger partial charge >= 0.3 is 0 Å². The summed E-state index contributed by atoms with van der Waals surface area (Å²) in [5.74, 6) is 0.500. The third-order valence-electron chi connectivity index (χ3n) is 6.77. The zero-order chi connectivity index (χ0) is 24.6. The number of hydrogen-bond donors (Lipinski definition) is 1. The van der Waals surface area contributed by atoms with Crippen molar-refractivity contribution in [3.05, 3.63) is 23.3 Å². The number of carbonyl (C=O) groups excluding carboxylic acids is 1. The number of sulfonamides is 1. The maximum Gasteiger partial charge on any atom is 0.245 e. The van der Waals surface area contributed by atoms with Gasteiger partial charge in [-0.1, -0.05) is 12.8 Å². The van der Waals surface area contributed by atoms with Gasteiger partial charge in [0.1, 0.15) is 12.4 Å². The van der Waals surface area contributed by atoms with Crippen LogP contribution in [0.3, 0.4) is 0 Å². The van der Waals surface area contributed by atoms with Crippen LogP contribution in [0.5, 0.6) is 5.75 Å². The SMILES string of the molecule is COc1cc(C)c(S(=O)(=O)N2CCCCC2COCC(=O)NCCCN2CCCCC2)c(C)c1. The average Bonchev–Trinajstić information content (AvgIpc) is 2.82. The maximum atomic E-state index is 13.6. The Hall–Kier alpha value is -1.68. The van der Waals surface area contributed by atoms with Gasteiger partial charge in [-0.15, -0.1) is 0 Å². The molecule has 2 heterocycles. The van der Waals surface area contributed by atoms with E-state index in [9.17, 15) is 13.2 Å². The first-order valence-electron chi connectivity index (χ1n) is 12.6. The minimum absolute atomic E-state index is 0.0469. The van der Waals surface area contributed by atoms with Gasteiger partial charge in [0.25, 0.3) is 0 Å². The van der Waals surface area contributed by atoms with E-state index < -0.39 is 10.0 Å². The monoisotopic (exact) mass is 495 g/mol. The summed E-state index contributed by atoms with van der Waals surface area (Å²) in [5, 5.41) is 2.92. The van der Waals surface area contributed by atoms with Crippen molar-refractivity contribution < 1.29 is 22.7 Å². The van der Waals surface area contributed by atoms with Gasteiger partial charge in [-0.2, -0.15) is 4.31 Å². The van der Waals surface area contributed by atoms with Gasteiger partial charge < -0.3 is 19.7 Å². The minimum Gasteiger partial charge on any atom is -0.497 e. The van der Waals surface area contributed by atoms with E-state index in [1.165, 1.54) is 19.3 Å². The van der Waals surface area contributed by atoms with Gasteiger partial charge in [-0.25, -0.2) is 8.42 Å². The molecule has 1 N–H and O–H groups in total. The first-order chi connectivity index (χ1) is 16.3. The number of likely N-dealkylation sites (tertiary alicyclic amines) is 1. The number of amides is 1. The Kier molecular flexibility index (Phi) is 10.2. The Morgan fingerprint density at radius 3 is 2.41 bits per heavy atom. The zero-order valence-electron chi connectivity index (χ0n) is 21.0. The molecule has 1 amide bonds. The molecule has 0 spiro atoms. The number of aryl methyl sites for hydroxylation is 2. The van der Waals surface area contributed by atoms with Crippen LogP contribution in [0.15, 0.2) is 17.0 Å². The summed E-state index contributed by atoms with van der Waals surface area (Å²) in [7, 11) is -2.11. The summed E-state index contributed by atoms with van der Waals surface area (Å²) < 4.78 is 39.7. The summed E-state index contributed by atoms with van der Waals surface area (Å²) in [5.41, 5.74) is 1.34. The highest BCUT2D eigenvalue weighted by Gasteiger charge is 2.35. The molecule has 3 rings (SSSR count). The van der Waals surface area contributed by atoms with Crippen LogP contribution >= 0.6 is 0 Å². The Bertz CT molecular complexity index is 892. The van der Waals surface area contributed by atoms with Crippen LogP contribution in [0.1, 0.15) is 56.1 Å². The summed E-state index contributed by atoms with van der Waals surface area (Å²) in [6.07, 6.45) is 7.29. The number of nitrogens with zero attached hydrogens (tertiary/aromatic N) is 2. The second-order valence-electron chi connectivity index (χ2n) is 9.48. The van der Waals surface area contributed by atoms with Gasteiger partial charge in [0.05, 0.1) is 18.6 Å². The smallest absolute Gasteiger partial charge is 0.245 e. The molecule has 9 heteroatoms. The predicted molar refractivity (Wildman–Crippen MR) is 133 cm³/mol. The third-order valence-corrected chi connectivity index (χ3v) is 9.03. The topological polar surface area (TPSA) is 88.2 Å². The summed E-state index contributed by atoms with van der Waals surface area (Å²) in [6.45, 7) is 8.20. The molecule has 0 saturated carbocycles. The molecule has 2 fully saturated rings. The van der Waals surface area contributed by atoms with E-state index in [0.29, 0.717) is 34.9 Å². The van der Waals surface area contributed by atoms with Crippen LogP contribution in [0.4, 0.5) is 0 Å². The Morgan fingerprint density at radius 1 is 1.06 bits per heavy atom. The molecule has 0 aliphatic carbocycles. The molecule has 2 saturated heterocycles. The van der Waals surface area contributed by atoms with E-state index in [4.69, 9.17) is 9.47 Å². The number of ether oxygens (including phenoxy) is 2. The summed E-state index contributed by atoms with van der Waals surface area (Å²) in [6, 6.07) is 3.24. The number of carbonyl (C=O) groups is 1. The Balaban J connectivity index is 1.49. The molecule has 34 heavy (non-hydrogen) atoms. The fourth-order valence-corrected chi connectivity index (χ4v) is 7.16. The average molecular weight is 496 g/mol. The molecule has 2 aliphatic rings. The van der Waals surface area contributed by atoms with E-state index in [1.54, 1.807) is 37.4 Å². The number of piperidine rings is 2. The van der Waals surface area contributed by atoms with Crippen LogP contribution in [0.25, 0.3) is 0 Å². The quantitative estimate of drug-likeness (QED) is 0.475. The van der Waals surface area contributed by atoms with Gasteiger partial charge in [0, 0.05) is 19.1 Å². The lowest BCUT2D eigenvalue weighted by Crippen LogP contribution is -2.46. The molecule has 1 aromatic carbocycles. The van der Waals surface area contributed by atoms with Crippen molar-refractivity contribution in [3.8, 4) is 5.75 Å². The fourth-order valence-electron chi connectivity index (χ4n) is 5.06. The van der Waals surface area contributed by atoms with Crippen LogP contribution in [0.2, 0.25) is 0 Å². The fraction of sp³-hybridized carbons (Fsp3) is 0.720. The molecule has 0 radical (unpaired) electrons. The molecule has 192 valence electrons. The normalized spacial score (nSPS) is 20.3. The van der Waals surface area contributed by atoms with Crippen molar-refractivity contribution in [2.75, 3.05) is 53.0 Å². The number of hydrogen-bond acceptors (Lipinski definition) is 6. The van der Waals surface area contributed by atoms with Crippen LogP contribution in [-0.4, -0.2) is 82.6 Å². The molecule has 8 nitrogen and oxygen atoms in total. The van der Waals surface area contributed by atoms with Gasteiger partial charge in [-0.05, 0) is 88.8 Å².